The summed E-state index contributed by atoms with van der Waals surface area (Å²) in [5, 5.41) is 0. The van der Waals surface area contributed by atoms with Crippen LogP contribution in [0.4, 0.5) is 0 Å². The van der Waals surface area contributed by atoms with Gasteiger partial charge in [-0.05, 0) is 42.7 Å². The van der Waals surface area contributed by atoms with Crippen molar-refractivity contribution in [1.82, 2.24) is 4.72 Å². The molecule has 0 aliphatic rings. The summed E-state index contributed by atoms with van der Waals surface area (Å²) in [6, 6.07) is 10.1. The quantitative estimate of drug-likeness (QED) is 0.592. The molecule has 0 saturated heterocycles. The maximum absolute atomic E-state index is 3.76. The molecule has 0 aromatic heterocycles. The van der Waals surface area contributed by atoms with E-state index >= 15 is 0 Å². The van der Waals surface area contributed by atoms with Gasteiger partial charge in [0, 0.05) is 10.6 Å². The molecule has 15 heavy (non-hydrogen) atoms. The Morgan fingerprint density at radius 2 is 1.87 bits per heavy atom. The third-order valence-electron chi connectivity index (χ3n) is 1.96. The zero-order chi connectivity index (χ0) is 11.1. The molecule has 2 heteroatoms. The Morgan fingerprint density at radius 3 is 2.40 bits per heavy atom. The van der Waals surface area contributed by atoms with Crippen LogP contribution in [0.5, 0.6) is 0 Å². The fourth-order valence-corrected chi connectivity index (χ4v) is 1.76. The Kier molecular flexibility index (Phi) is 4.78. The lowest BCUT2D eigenvalue weighted by atomic mass is 10.2. The van der Waals surface area contributed by atoms with Gasteiger partial charge in [0.15, 0.2) is 0 Å². The first kappa shape index (κ1) is 11.7. The molecule has 0 bridgehead atoms. The predicted molar refractivity (Wildman–Crippen MR) is 68.5 cm³/mol. The van der Waals surface area contributed by atoms with E-state index in [0.29, 0.717) is 0 Å². The molecule has 0 atom stereocenters. The van der Waals surface area contributed by atoms with E-state index < -0.39 is 0 Å². The van der Waals surface area contributed by atoms with Crippen molar-refractivity contribution < 1.29 is 0 Å². The molecule has 1 N–H and O–H groups in total. The normalized spacial score (nSPS) is 11.5. The molecule has 0 amide bonds. The molecular formula is C13H15NS. The average Bonchev–Trinajstić information content (AvgIpc) is 2.31. The fourth-order valence-electron chi connectivity index (χ4n) is 0.996. The molecule has 1 rings (SSSR count). The van der Waals surface area contributed by atoms with E-state index in [9.17, 15) is 0 Å². The first-order valence-corrected chi connectivity index (χ1v) is 5.53. The monoisotopic (exact) mass is 217 g/mol. The van der Waals surface area contributed by atoms with Gasteiger partial charge < -0.3 is 4.72 Å². The molecule has 0 fully saturated rings. The van der Waals surface area contributed by atoms with Gasteiger partial charge in [0.05, 0.1) is 0 Å². The van der Waals surface area contributed by atoms with Gasteiger partial charge >= 0.3 is 0 Å². The van der Waals surface area contributed by atoms with E-state index in [-0.39, 0.29) is 0 Å². The van der Waals surface area contributed by atoms with E-state index in [2.05, 4.69) is 30.0 Å². The summed E-state index contributed by atoms with van der Waals surface area (Å²) in [5.74, 6) is 0. The van der Waals surface area contributed by atoms with Crippen LogP contribution in [-0.2, 0) is 0 Å². The summed E-state index contributed by atoms with van der Waals surface area (Å²) >= 11 is 1.57. The minimum Gasteiger partial charge on any atom is -0.325 e. The second-order valence-electron chi connectivity index (χ2n) is 3.02. The van der Waals surface area contributed by atoms with Gasteiger partial charge in [-0.1, -0.05) is 37.4 Å². The van der Waals surface area contributed by atoms with Gasteiger partial charge in [-0.25, -0.2) is 0 Å². The summed E-state index contributed by atoms with van der Waals surface area (Å²) in [7, 11) is 0. The molecule has 78 valence electrons. The molecule has 0 heterocycles. The molecule has 0 aliphatic heterocycles. The molecule has 1 aromatic rings. The van der Waals surface area contributed by atoms with E-state index in [4.69, 9.17) is 0 Å². The highest BCUT2D eigenvalue weighted by molar-refractivity contribution is 7.97. The Hall–Kier alpha value is -1.41. The Labute approximate surface area is 95.7 Å². The molecule has 0 radical (unpaired) electrons. The maximum atomic E-state index is 3.76. The smallest absolute Gasteiger partial charge is 0.0466 e. The molecular weight excluding hydrogens is 202 g/mol. The zero-order valence-electron chi connectivity index (χ0n) is 8.86. The minimum absolute atomic E-state index is 0.999. The van der Waals surface area contributed by atoms with Crippen molar-refractivity contribution in [3.8, 4) is 0 Å². The second kappa shape index (κ2) is 6.14. The summed E-state index contributed by atoms with van der Waals surface area (Å²) in [4.78, 5) is 1.17. The van der Waals surface area contributed by atoms with Crippen LogP contribution in [0, 0.1) is 0 Å². The summed E-state index contributed by atoms with van der Waals surface area (Å²) in [5.41, 5.74) is 2.09. The van der Waals surface area contributed by atoms with Crippen molar-refractivity contribution in [3.63, 3.8) is 0 Å². The molecule has 1 nitrogen and oxygen atoms in total. The molecule has 0 unspecified atom stereocenters. The van der Waals surface area contributed by atoms with E-state index in [1.54, 1.807) is 18.0 Å². The number of hydrogen-bond acceptors (Lipinski definition) is 2. The molecule has 0 aliphatic carbocycles. The van der Waals surface area contributed by atoms with Gasteiger partial charge in [0.25, 0.3) is 0 Å². The van der Waals surface area contributed by atoms with Crippen molar-refractivity contribution in [2.75, 3.05) is 0 Å². The van der Waals surface area contributed by atoms with Crippen LogP contribution in [0.25, 0.3) is 0 Å². The highest BCUT2D eigenvalue weighted by Crippen LogP contribution is 2.16. The predicted octanol–water partition coefficient (Wildman–Crippen LogP) is 3.93. The molecule has 0 saturated carbocycles. The van der Waals surface area contributed by atoms with E-state index in [0.717, 1.165) is 11.3 Å². The highest BCUT2D eigenvalue weighted by Gasteiger charge is 1.96. The van der Waals surface area contributed by atoms with Gasteiger partial charge in [-0.3, -0.25) is 0 Å². The lowest BCUT2D eigenvalue weighted by Crippen LogP contribution is -2.02. The van der Waals surface area contributed by atoms with Crippen LogP contribution in [0.3, 0.4) is 0 Å². The second-order valence-corrected chi connectivity index (χ2v) is 3.90. The van der Waals surface area contributed by atoms with Crippen molar-refractivity contribution in [3.05, 3.63) is 66.9 Å². The first-order valence-electron chi connectivity index (χ1n) is 4.71. The lowest BCUT2D eigenvalue weighted by Gasteiger charge is -2.07. The van der Waals surface area contributed by atoms with Gasteiger partial charge in [-0.15, -0.1) is 0 Å². The SMILES string of the molecule is C=C/C(C)=C(\C=C)NSc1ccccc1. The standard InChI is InChI=1S/C13H15NS/c1-4-11(3)13(5-2)14-15-12-9-7-6-8-10-12/h4-10,14H,1-2H2,3H3/b13-11+. The van der Waals surface area contributed by atoms with Crippen LogP contribution in [0.1, 0.15) is 6.92 Å². The summed E-state index contributed by atoms with van der Waals surface area (Å²) < 4.78 is 3.24. The lowest BCUT2D eigenvalue weighted by molar-refractivity contribution is 1.22. The number of nitrogens with one attached hydrogen (secondary N) is 1. The topological polar surface area (TPSA) is 12.0 Å². The minimum atomic E-state index is 0.999. The van der Waals surface area contributed by atoms with Crippen molar-refractivity contribution >= 4 is 11.9 Å². The number of rotatable bonds is 5. The summed E-state index contributed by atoms with van der Waals surface area (Å²) in [6.07, 6.45) is 3.61. The molecule has 1 aromatic carbocycles. The Morgan fingerprint density at radius 1 is 1.20 bits per heavy atom. The van der Waals surface area contributed by atoms with Crippen LogP contribution in [-0.4, -0.2) is 0 Å². The number of hydrogen-bond donors (Lipinski definition) is 1. The van der Waals surface area contributed by atoms with Crippen molar-refractivity contribution in [1.29, 1.82) is 0 Å². The average molecular weight is 217 g/mol. The number of benzene rings is 1. The largest absolute Gasteiger partial charge is 0.325 e. The zero-order valence-corrected chi connectivity index (χ0v) is 9.68. The van der Waals surface area contributed by atoms with Crippen molar-refractivity contribution in [2.45, 2.75) is 11.8 Å². The maximum Gasteiger partial charge on any atom is 0.0466 e. The van der Waals surface area contributed by atoms with Crippen LogP contribution < -0.4 is 4.72 Å². The van der Waals surface area contributed by atoms with Gasteiger partial charge in [0.1, 0.15) is 0 Å². The first-order chi connectivity index (χ1) is 7.27. The van der Waals surface area contributed by atoms with Gasteiger partial charge in [-0.2, -0.15) is 0 Å². The number of allylic oxidation sites excluding steroid dienone is 3. The Bertz CT molecular complexity index is 365. The fraction of sp³-hybridized carbons (Fsp3) is 0.0769. The third-order valence-corrected chi connectivity index (χ3v) is 2.79. The molecule has 0 spiro atoms. The third kappa shape index (κ3) is 3.68. The van der Waals surface area contributed by atoms with Crippen LogP contribution in [0.2, 0.25) is 0 Å². The van der Waals surface area contributed by atoms with Crippen molar-refractivity contribution in [2.24, 2.45) is 0 Å². The van der Waals surface area contributed by atoms with E-state index in [1.807, 2.05) is 31.2 Å². The highest BCUT2D eigenvalue weighted by atomic mass is 32.2. The van der Waals surface area contributed by atoms with Gasteiger partial charge in [0.2, 0.25) is 0 Å². The van der Waals surface area contributed by atoms with Crippen LogP contribution in [0.15, 0.2) is 71.8 Å². The van der Waals surface area contributed by atoms with E-state index in [1.165, 1.54) is 4.90 Å². The Balaban J connectivity index is 2.64. The van der Waals surface area contributed by atoms with Crippen LogP contribution >= 0.6 is 11.9 Å². The summed E-state index contributed by atoms with van der Waals surface area (Å²) in [6.45, 7) is 9.49.